The molecule has 0 spiro atoms. The summed E-state index contributed by atoms with van der Waals surface area (Å²) >= 11 is 1.79. The summed E-state index contributed by atoms with van der Waals surface area (Å²) < 4.78 is 5.16. The van der Waals surface area contributed by atoms with Crippen LogP contribution in [0.2, 0.25) is 0 Å². The molecule has 2 N–H and O–H groups in total. The minimum absolute atomic E-state index is 0.923. The molecular formula is C17H22NOS+. The Labute approximate surface area is 125 Å². The van der Waals surface area contributed by atoms with Gasteiger partial charge in [-0.3, -0.25) is 0 Å². The molecule has 0 saturated heterocycles. The fourth-order valence-electron chi connectivity index (χ4n) is 2.09. The monoisotopic (exact) mass is 288 g/mol. The van der Waals surface area contributed by atoms with Crippen molar-refractivity contribution in [3.05, 3.63) is 59.7 Å². The van der Waals surface area contributed by atoms with E-state index in [0.29, 0.717) is 0 Å². The molecule has 106 valence electrons. The Balaban J connectivity index is 1.72. The van der Waals surface area contributed by atoms with Gasteiger partial charge in [0.2, 0.25) is 0 Å². The van der Waals surface area contributed by atoms with Crippen LogP contribution in [0.1, 0.15) is 11.1 Å². The Bertz CT molecular complexity index is 458. The maximum atomic E-state index is 5.16. The third kappa shape index (κ3) is 4.58. The van der Waals surface area contributed by atoms with Crippen molar-refractivity contribution in [1.29, 1.82) is 0 Å². The molecule has 0 fully saturated rings. The number of methoxy groups -OCH3 is 1. The second-order valence-corrected chi connectivity index (χ2v) is 5.61. The van der Waals surface area contributed by atoms with E-state index in [2.05, 4.69) is 48.0 Å². The summed E-state index contributed by atoms with van der Waals surface area (Å²) in [5.41, 5.74) is 2.75. The highest BCUT2D eigenvalue weighted by Gasteiger charge is 1.98. The minimum atomic E-state index is 0.923. The quantitative estimate of drug-likeness (QED) is 0.626. The Kier molecular flexibility index (Phi) is 5.96. The molecule has 0 radical (unpaired) electrons. The van der Waals surface area contributed by atoms with Crippen LogP contribution in [0.15, 0.2) is 53.4 Å². The second-order valence-electron chi connectivity index (χ2n) is 4.73. The third-order valence-electron chi connectivity index (χ3n) is 3.34. The molecule has 2 nitrogen and oxygen atoms in total. The lowest BCUT2D eigenvalue weighted by atomic mass is 10.1. The summed E-state index contributed by atoms with van der Waals surface area (Å²) in [6, 6.07) is 17.1. The van der Waals surface area contributed by atoms with E-state index in [1.807, 2.05) is 12.1 Å². The van der Waals surface area contributed by atoms with Crippen LogP contribution in [-0.4, -0.2) is 19.9 Å². The SMILES string of the molecule is COc1ccc(CC[NH2+]Cc2ccc(SC)cc2)cc1. The van der Waals surface area contributed by atoms with Crippen molar-refractivity contribution < 1.29 is 10.1 Å². The van der Waals surface area contributed by atoms with Crippen LogP contribution in [0.4, 0.5) is 0 Å². The molecule has 2 aromatic carbocycles. The Morgan fingerprint density at radius 3 is 2.20 bits per heavy atom. The lowest BCUT2D eigenvalue weighted by Gasteiger charge is -2.04. The molecule has 0 heterocycles. The first kappa shape index (κ1) is 14.9. The Morgan fingerprint density at radius 2 is 1.60 bits per heavy atom. The highest BCUT2D eigenvalue weighted by Crippen LogP contribution is 2.14. The number of nitrogens with two attached hydrogens (primary N) is 1. The summed E-state index contributed by atoms with van der Waals surface area (Å²) in [4.78, 5) is 1.33. The highest BCUT2D eigenvalue weighted by atomic mass is 32.2. The predicted molar refractivity (Wildman–Crippen MR) is 85.4 cm³/mol. The van der Waals surface area contributed by atoms with E-state index in [9.17, 15) is 0 Å². The van der Waals surface area contributed by atoms with Gasteiger partial charge in [-0.15, -0.1) is 11.8 Å². The smallest absolute Gasteiger partial charge is 0.118 e. The molecular weight excluding hydrogens is 266 g/mol. The first-order chi connectivity index (χ1) is 9.81. The number of thioether (sulfide) groups is 1. The van der Waals surface area contributed by atoms with Crippen molar-refractivity contribution in [3.63, 3.8) is 0 Å². The number of rotatable bonds is 7. The molecule has 0 aliphatic heterocycles. The average molecular weight is 288 g/mol. The van der Waals surface area contributed by atoms with Crippen molar-refractivity contribution in [2.75, 3.05) is 19.9 Å². The first-order valence-corrected chi connectivity index (χ1v) is 8.12. The van der Waals surface area contributed by atoms with Gasteiger partial charge in [0.1, 0.15) is 12.3 Å². The zero-order valence-corrected chi connectivity index (χ0v) is 13.0. The lowest BCUT2D eigenvalue weighted by molar-refractivity contribution is -0.670. The van der Waals surface area contributed by atoms with Gasteiger partial charge in [0.15, 0.2) is 0 Å². The van der Waals surface area contributed by atoms with Crippen molar-refractivity contribution >= 4 is 11.8 Å². The van der Waals surface area contributed by atoms with Crippen LogP contribution in [0.25, 0.3) is 0 Å². The van der Waals surface area contributed by atoms with E-state index in [1.54, 1.807) is 18.9 Å². The highest BCUT2D eigenvalue weighted by molar-refractivity contribution is 7.98. The van der Waals surface area contributed by atoms with E-state index in [4.69, 9.17) is 4.74 Å². The third-order valence-corrected chi connectivity index (χ3v) is 4.08. The van der Waals surface area contributed by atoms with Crippen molar-refractivity contribution in [1.82, 2.24) is 0 Å². The summed E-state index contributed by atoms with van der Waals surface area (Å²) in [6.07, 6.45) is 3.20. The van der Waals surface area contributed by atoms with Gasteiger partial charge in [0.25, 0.3) is 0 Å². The van der Waals surface area contributed by atoms with E-state index < -0.39 is 0 Å². The zero-order chi connectivity index (χ0) is 14.2. The van der Waals surface area contributed by atoms with Crippen molar-refractivity contribution in [2.45, 2.75) is 17.9 Å². The second kappa shape index (κ2) is 7.98. The van der Waals surface area contributed by atoms with E-state index in [1.165, 1.54) is 16.0 Å². The topological polar surface area (TPSA) is 25.8 Å². The molecule has 0 aliphatic carbocycles. The number of hydrogen-bond donors (Lipinski definition) is 1. The van der Waals surface area contributed by atoms with Crippen LogP contribution < -0.4 is 10.1 Å². The van der Waals surface area contributed by atoms with Gasteiger partial charge in [-0.05, 0) is 36.1 Å². The zero-order valence-electron chi connectivity index (χ0n) is 12.1. The van der Waals surface area contributed by atoms with Gasteiger partial charge >= 0.3 is 0 Å². The van der Waals surface area contributed by atoms with E-state index in [-0.39, 0.29) is 0 Å². The summed E-state index contributed by atoms with van der Waals surface area (Å²) in [5.74, 6) is 0.923. The Hall–Kier alpha value is -1.45. The fraction of sp³-hybridized carbons (Fsp3) is 0.294. The maximum absolute atomic E-state index is 5.16. The molecule has 0 bridgehead atoms. The van der Waals surface area contributed by atoms with E-state index >= 15 is 0 Å². The molecule has 2 rings (SSSR count). The van der Waals surface area contributed by atoms with Crippen LogP contribution in [0.5, 0.6) is 5.75 Å². The number of ether oxygens (including phenoxy) is 1. The summed E-state index contributed by atoms with van der Waals surface area (Å²) in [5, 5.41) is 2.36. The number of quaternary nitrogens is 1. The summed E-state index contributed by atoms with van der Waals surface area (Å²) in [7, 11) is 1.70. The maximum Gasteiger partial charge on any atom is 0.118 e. The van der Waals surface area contributed by atoms with Gasteiger partial charge in [0.05, 0.1) is 13.7 Å². The standard InChI is InChI=1S/C17H21NOS/c1-19-16-7-3-14(4-8-16)11-12-18-13-15-5-9-17(20-2)10-6-15/h3-10,18H,11-13H2,1-2H3/p+1. The minimum Gasteiger partial charge on any atom is -0.497 e. The fourth-order valence-corrected chi connectivity index (χ4v) is 2.50. The van der Waals surface area contributed by atoms with Gasteiger partial charge in [-0.2, -0.15) is 0 Å². The average Bonchev–Trinajstić information content (AvgIpc) is 2.53. The lowest BCUT2D eigenvalue weighted by Crippen LogP contribution is -2.83. The predicted octanol–water partition coefficient (Wildman–Crippen LogP) is 2.72. The molecule has 3 heteroatoms. The van der Waals surface area contributed by atoms with Gasteiger partial charge in [-0.25, -0.2) is 0 Å². The normalized spacial score (nSPS) is 10.5. The van der Waals surface area contributed by atoms with Gasteiger partial charge in [0, 0.05) is 16.9 Å². The Morgan fingerprint density at radius 1 is 0.950 bits per heavy atom. The largest absolute Gasteiger partial charge is 0.497 e. The van der Waals surface area contributed by atoms with Gasteiger partial charge in [-0.1, -0.05) is 24.3 Å². The molecule has 0 unspecified atom stereocenters. The number of hydrogen-bond acceptors (Lipinski definition) is 2. The molecule has 2 aromatic rings. The summed E-state index contributed by atoms with van der Waals surface area (Å²) in [6.45, 7) is 2.15. The molecule has 0 amide bonds. The van der Waals surface area contributed by atoms with Crippen LogP contribution in [0.3, 0.4) is 0 Å². The molecule has 0 aromatic heterocycles. The van der Waals surface area contributed by atoms with Crippen LogP contribution in [0, 0.1) is 0 Å². The van der Waals surface area contributed by atoms with Gasteiger partial charge < -0.3 is 10.1 Å². The molecule has 20 heavy (non-hydrogen) atoms. The van der Waals surface area contributed by atoms with Crippen molar-refractivity contribution in [3.8, 4) is 5.75 Å². The van der Waals surface area contributed by atoms with E-state index in [0.717, 1.165) is 25.3 Å². The number of benzene rings is 2. The van der Waals surface area contributed by atoms with Crippen LogP contribution >= 0.6 is 11.8 Å². The first-order valence-electron chi connectivity index (χ1n) is 6.89. The van der Waals surface area contributed by atoms with Crippen molar-refractivity contribution in [2.24, 2.45) is 0 Å². The van der Waals surface area contributed by atoms with Crippen LogP contribution in [-0.2, 0) is 13.0 Å². The molecule has 0 saturated carbocycles. The molecule has 0 atom stereocenters. The molecule has 0 aliphatic rings.